The SMILES string of the molecule is CC1(F)CNC(C(F)(F)F)C1. The lowest BCUT2D eigenvalue weighted by atomic mass is 10.1. The molecule has 0 aromatic heterocycles. The van der Waals surface area contributed by atoms with Crippen LogP contribution in [-0.2, 0) is 0 Å². The second-order valence-corrected chi connectivity index (χ2v) is 3.09. The fourth-order valence-electron chi connectivity index (χ4n) is 1.14. The van der Waals surface area contributed by atoms with E-state index in [-0.39, 0.29) is 6.54 Å². The van der Waals surface area contributed by atoms with Gasteiger partial charge in [0.2, 0.25) is 0 Å². The molecule has 1 N–H and O–H groups in total. The number of hydrogen-bond acceptors (Lipinski definition) is 1. The first-order valence-corrected chi connectivity index (χ1v) is 3.30. The molecule has 0 amide bonds. The van der Waals surface area contributed by atoms with Crippen molar-refractivity contribution in [2.75, 3.05) is 6.54 Å². The molecule has 2 unspecified atom stereocenters. The lowest BCUT2D eigenvalue weighted by molar-refractivity contribution is -0.153. The van der Waals surface area contributed by atoms with E-state index in [0.29, 0.717) is 0 Å². The number of alkyl halides is 4. The minimum Gasteiger partial charge on any atom is -0.303 e. The van der Waals surface area contributed by atoms with Crippen LogP contribution >= 0.6 is 0 Å². The molecule has 1 aliphatic heterocycles. The van der Waals surface area contributed by atoms with Crippen LogP contribution < -0.4 is 5.32 Å². The first-order valence-electron chi connectivity index (χ1n) is 3.30. The highest BCUT2D eigenvalue weighted by Crippen LogP contribution is 2.32. The van der Waals surface area contributed by atoms with Crippen molar-refractivity contribution in [2.24, 2.45) is 0 Å². The summed E-state index contributed by atoms with van der Waals surface area (Å²) in [5, 5.41) is 2.09. The fourth-order valence-corrected chi connectivity index (χ4v) is 1.14. The van der Waals surface area contributed by atoms with E-state index in [2.05, 4.69) is 5.32 Å². The third kappa shape index (κ3) is 2.05. The monoisotopic (exact) mass is 171 g/mol. The van der Waals surface area contributed by atoms with Crippen molar-refractivity contribution in [3.8, 4) is 0 Å². The van der Waals surface area contributed by atoms with Gasteiger partial charge < -0.3 is 5.32 Å². The maximum absolute atomic E-state index is 12.8. The van der Waals surface area contributed by atoms with Gasteiger partial charge in [-0.1, -0.05) is 0 Å². The maximum atomic E-state index is 12.8. The Morgan fingerprint density at radius 2 is 2.00 bits per heavy atom. The number of halogens is 4. The van der Waals surface area contributed by atoms with Gasteiger partial charge in [0.1, 0.15) is 11.7 Å². The molecule has 1 heterocycles. The molecule has 0 aromatic rings. The second-order valence-electron chi connectivity index (χ2n) is 3.09. The van der Waals surface area contributed by atoms with E-state index in [4.69, 9.17) is 0 Å². The third-order valence-electron chi connectivity index (χ3n) is 1.74. The summed E-state index contributed by atoms with van der Waals surface area (Å²) in [6, 6.07) is -1.67. The summed E-state index contributed by atoms with van der Waals surface area (Å²) < 4.78 is 48.5. The highest BCUT2D eigenvalue weighted by Gasteiger charge is 2.48. The number of nitrogens with one attached hydrogen (secondary N) is 1. The normalized spacial score (nSPS) is 39.5. The summed E-state index contributed by atoms with van der Waals surface area (Å²) in [6.07, 6.45) is -4.79. The van der Waals surface area contributed by atoms with Gasteiger partial charge in [-0.05, 0) is 6.92 Å². The maximum Gasteiger partial charge on any atom is 0.403 e. The predicted molar refractivity (Wildman–Crippen MR) is 32.0 cm³/mol. The van der Waals surface area contributed by atoms with E-state index in [0.717, 1.165) is 0 Å². The highest BCUT2D eigenvalue weighted by atomic mass is 19.4. The van der Waals surface area contributed by atoms with Crippen LogP contribution in [0.5, 0.6) is 0 Å². The molecule has 0 radical (unpaired) electrons. The van der Waals surface area contributed by atoms with Gasteiger partial charge in [0.25, 0.3) is 0 Å². The van der Waals surface area contributed by atoms with E-state index in [1.165, 1.54) is 6.92 Å². The quantitative estimate of drug-likeness (QED) is 0.546. The first-order chi connectivity index (χ1) is 4.81. The molecular weight excluding hydrogens is 162 g/mol. The molecule has 1 fully saturated rings. The van der Waals surface area contributed by atoms with Gasteiger partial charge in [0.15, 0.2) is 0 Å². The third-order valence-corrected chi connectivity index (χ3v) is 1.74. The Bertz CT molecular complexity index is 151. The minimum absolute atomic E-state index is 0.211. The summed E-state index contributed by atoms with van der Waals surface area (Å²) in [6.45, 7) is 0.961. The van der Waals surface area contributed by atoms with Gasteiger partial charge in [-0.15, -0.1) is 0 Å². The van der Waals surface area contributed by atoms with Gasteiger partial charge in [-0.3, -0.25) is 0 Å². The standard InChI is InChI=1S/C6H9F4N/c1-5(7)2-4(11-3-5)6(8,9)10/h4,11H,2-3H2,1H3. The Labute approximate surface area is 61.8 Å². The van der Waals surface area contributed by atoms with Crippen molar-refractivity contribution in [1.82, 2.24) is 5.32 Å². The molecule has 2 atom stereocenters. The molecule has 1 saturated heterocycles. The Hall–Kier alpha value is -0.320. The van der Waals surface area contributed by atoms with Crippen molar-refractivity contribution in [1.29, 1.82) is 0 Å². The van der Waals surface area contributed by atoms with Crippen LogP contribution in [0.4, 0.5) is 17.6 Å². The topological polar surface area (TPSA) is 12.0 Å². The van der Waals surface area contributed by atoms with Crippen LogP contribution in [0.1, 0.15) is 13.3 Å². The zero-order chi connectivity index (χ0) is 8.70. The minimum atomic E-state index is -4.32. The van der Waals surface area contributed by atoms with Crippen LogP contribution in [-0.4, -0.2) is 24.4 Å². The van der Waals surface area contributed by atoms with Gasteiger partial charge in [0, 0.05) is 13.0 Å². The number of rotatable bonds is 0. The van der Waals surface area contributed by atoms with Crippen LogP contribution in [0, 0.1) is 0 Å². The van der Waals surface area contributed by atoms with Gasteiger partial charge >= 0.3 is 6.18 Å². The summed E-state index contributed by atoms with van der Waals surface area (Å²) in [4.78, 5) is 0. The largest absolute Gasteiger partial charge is 0.403 e. The van der Waals surface area contributed by atoms with Crippen molar-refractivity contribution in [3.05, 3.63) is 0 Å². The highest BCUT2D eigenvalue weighted by molar-refractivity contribution is 4.94. The van der Waals surface area contributed by atoms with Gasteiger partial charge in [-0.25, -0.2) is 4.39 Å². The molecule has 5 heteroatoms. The zero-order valence-electron chi connectivity index (χ0n) is 6.00. The molecule has 66 valence electrons. The Morgan fingerprint density at radius 1 is 1.45 bits per heavy atom. The molecule has 1 aliphatic rings. The average Bonchev–Trinajstić information content (AvgIpc) is 2.07. The first kappa shape index (κ1) is 8.77. The van der Waals surface area contributed by atoms with Crippen LogP contribution in [0.3, 0.4) is 0 Å². The Kier molecular flexibility index (Phi) is 1.86. The van der Waals surface area contributed by atoms with Crippen molar-refractivity contribution in [3.63, 3.8) is 0 Å². The molecule has 0 bridgehead atoms. The molecule has 1 nitrogen and oxygen atoms in total. The average molecular weight is 171 g/mol. The second kappa shape index (κ2) is 2.33. The van der Waals surface area contributed by atoms with Crippen molar-refractivity contribution in [2.45, 2.75) is 31.2 Å². The summed E-state index contributed by atoms with van der Waals surface area (Å²) in [7, 11) is 0. The molecule has 0 aliphatic carbocycles. The van der Waals surface area contributed by atoms with Gasteiger partial charge in [-0.2, -0.15) is 13.2 Å². The van der Waals surface area contributed by atoms with E-state index in [1.807, 2.05) is 0 Å². The smallest absolute Gasteiger partial charge is 0.303 e. The van der Waals surface area contributed by atoms with Crippen LogP contribution in [0.2, 0.25) is 0 Å². The van der Waals surface area contributed by atoms with E-state index >= 15 is 0 Å². The predicted octanol–water partition coefficient (Wildman–Crippen LogP) is 1.64. The molecule has 0 spiro atoms. The molecule has 1 rings (SSSR count). The molecule has 0 aromatic carbocycles. The molecule has 0 saturated carbocycles. The Morgan fingerprint density at radius 3 is 2.18 bits per heavy atom. The zero-order valence-corrected chi connectivity index (χ0v) is 6.00. The van der Waals surface area contributed by atoms with Crippen LogP contribution in [0.15, 0.2) is 0 Å². The van der Waals surface area contributed by atoms with Crippen LogP contribution in [0.25, 0.3) is 0 Å². The fraction of sp³-hybridized carbons (Fsp3) is 1.00. The molecule has 11 heavy (non-hydrogen) atoms. The Balaban J connectivity index is 2.55. The number of hydrogen-bond donors (Lipinski definition) is 1. The van der Waals surface area contributed by atoms with E-state index in [1.54, 1.807) is 0 Å². The lowest BCUT2D eigenvalue weighted by Crippen LogP contribution is -2.36. The lowest BCUT2D eigenvalue weighted by Gasteiger charge is -2.14. The van der Waals surface area contributed by atoms with Gasteiger partial charge in [0.05, 0.1) is 0 Å². The summed E-state index contributed by atoms with van der Waals surface area (Å²) >= 11 is 0. The van der Waals surface area contributed by atoms with Crippen molar-refractivity contribution >= 4 is 0 Å². The van der Waals surface area contributed by atoms with E-state index < -0.39 is 24.3 Å². The molecular formula is C6H9F4N. The van der Waals surface area contributed by atoms with Crippen molar-refractivity contribution < 1.29 is 17.6 Å². The summed E-state index contributed by atoms with van der Waals surface area (Å²) in [5.41, 5.74) is -1.71. The summed E-state index contributed by atoms with van der Waals surface area (Å²) in [5.74, 6) is 0. The van der Waals surface area contributed by atoms with E-state index in [9.17, 15) is 17.6 Å².